The maximum absolute atomic E-state index is 12.2. The van der Waals surface area contributed by atoms with E-state index in [0.29, 0.717) is 18.1 Å². The van der Waals surface area contributed by atoms with Crippen molar-refractivity contribution in [2.24, 2.45) is 11.8 Å². The minimum atomic E-state index is -0.448. The van der Waals surface area contributed by atoms with Crippen molar-refractivity contribution in [1.29, 1.82) is 0 Å². The van der Waals surface area contributed by atoms with E-state index in [0.717, 1.165) is 29.3 Å². The summed E-state index contributed by atoms with van der Waals surface area (Å²) in [6.07, 6.45) is 15.1. The lowest BCUT2D eigenvalue weighted by Crippen LogP contribution is -2.60. The second kappa shape index (κ2) is 10.0. The molecule has 0 spiro atoms. The molecular weight excluding hydrogens is 414 g/mol. The molecule has 0 radical (unpaired) electrons. The monoisotopic (exact) mass is 453 g/mol. The Morgan fingerprint density at radius 1 is 0.879 bits per heavy atom. The zero-order valence-corrected chi connectivity index (χ0v) is 19.9. The molecule has 2 saturated carbocycles. The first-order valence-corrected chi connectivity index (χ1v) is 13.1. The number of fused-ring (bicyclic) bond motifs is 4. The number of hydrogen-bond donors (Lipinski definition) is 2. The van der Waals surface area contributed by atoms with Crippen LogP contribution in [0.2, 0.25) is 0 Å². The quantitative estimate of drug-likeness (QED) is 0.596. The molecule has 1 amide bonds. The van der Waals surface area contributed by atoms with Gasteiger partial charge in [-0.2, -0.15) is 0 Å². The van der Waals surface area contributed by atoms with Crippen LogP contribution in [0, 0.1) is 11.8 Å². The van der Waals surface area contributed by atoms with Gasteiger partial charge < -0.3 is 15.4 Å². The number of hydrogen-bond acceptors (Lipinski definition) is 5. The van der Waals surface area contributed by atoms with Gasteiger partial charge in [0.15, 0.2) is 6.61 Å². The van der Waals surface area contributed by atoms with Gasteiger partial charge in [0.05, 0.1) is 11.4 Å². The van der Waals surface area contributed by atoms with Gasteiger partial charge in [-0.05, 0) is 68.9 Å². The van der Waals surface area contributed by atoms with Crippen LogP contribution in [0.1, 0.15) is 77.6 Å². The number of ether oxygens (including phenoxy) is 1. The molecule has 4 atom stereocenters. The molecule has 4 unspecified atom stereocenters. The number of nitrogens with zero attached hydrogens (tertiary/aromatic N) is 1. The van der Waals surface area contributed by atoms with Crippen molar-refractivity contribution < 1.29 is 14.3 Å². The minimum Gasteiger partial charge on any atom is -0.456 e. The lowest BCUT2D eigenvalue weighted by Gasteiger charge is -2.55. The lowest BCUT2D eigenvalue weighted by atomic mass is 9.68. The van der Waals surface area contributed by atoms with Crippen LogP contribution in [-0.4, -0.2) is 47.6 Å². The third-order valence-corrected chi connectivity index (χ3v) is 8.52. The number of anilines is 2. The normalized spacial score (nSPS) is 33.7. The highest BCUT2D eigenvalue weighted by Crippen LogP contribution is 2.46. The number of piperidine rings is 2. The predicted molar refractivity (Wildman–Crippen MR) is 130 cm³/mol. The van der Waals surface area contributed by atoms with Crippen LogP contribution in [0.4, 0.5) is 11.4 Å². The second-order valence-corrected chi connectivity index (χ2v) is 10.9. The molecule has 2 heterocycles. The highest BCUT2D eigenvalue weighted by Gasteiger charge is 2.44. The molecule has 180 valence electrons. The van der Waals surface area contributed by atoms with E-state index in [4.69, 9.17) is 4.74 Å². The van der Waals surface area contributed by atoms with Gasteiger partial charge in [-0.15, -0.1) is 0 Å². The van der Waals surface area contributed by atoms with Gasteiger partial charge in [0.1, 0.15) is 0 Å². The summed E-state index contributed by atoms with van der Waals surface area (Å²) in [6.45, 7) is 1.06. The van der Waals surface area contributed by atoms with E-state index in [-0.39, 0.29) is 12.5 Å². The average molecular weight is 454 g/mol. The van der Waals surface area contributed by atoms with Crippen LogP contribution >= 0.6 is 0 Å². The number of esters is 1. The molecule has 33 heavy (non-hydrogen) atoms. The fourth-order valence-electron chi connectivity index (χ4n) is 7.36. The average Bonchev–Trinajstić information content (AvgIpc) is 2.78. The Hall–Kier alpha value is -2.08. The first kappa shape index (κ1) is 22.7. The Morgan fingerprint density at radius 2 is 1.52 bits per heavy atom. The summed E-state index contributed by atoms with van der Waals surface area (Å²) in [7, 11) is 0. The third-order valence-electron chi connectivity index (χ3n) is 8.52. The van der Waals surface area contributed by atoms with E-state index in [1.165, 1.54) is 77.6 Å². The Kier molecular flexibility index (Phi) is 6.91. The van der Waals surface area contributed by atoms with Crippen molar-refractivity contribution in [2.45, 2.75) is 102 Å². The number of rotatable bonds is 6. The van der Waals surface area contributed by atoms with Gasteiger partial charge in [0.2, 0.25) is 0 Å². The molecule has 6 nitrogen and oxygen atoms in total. The van der Waals surface area contributed by atoms with Crippen LogP contribution in [0.5, 0.6) is 0 Å². The highest BCUT2D eigenvalue weighted by atomic mass is 16.5. The molecule has 2 saturated heterocycles. The van der Waals surface area contributed by atoms with Crippen molar-refractivity contribution >= 4 is 23.3 Å². The van der Waals surface area contributed by atoms with E-state index >= 15 is 0 Å². The summed E-state index contributed by atoms with van der Waals surface area (Å²) < 4.78 is 4.84. The molecular formula is C27H39N3O3. The van der Waals surface area contributed by atoms with Crippen molar-refractivity contribution in [3.05, 3.63) is 24.3 Å². The molecule has 2 aliphatic carbocycles. The zero-order valence-electron chi connectivity index (χ0n) is 19.9. The summed E-state index contributed by atoms with van der Waals surface area (Å²) in [5, 5.41) is 6.66. The molecule has 1 aromatic rings. The third kappa shape index (κ3) is 5.37. The van der Waals surface area contributed by atoms with Gasteiger partial charge in [0, 0.05) is 31.1 Å². The first-order valence-electron chi connectivity index (χ1n) is 13.1. The molecule has 6 heteroatoms. The maximum Gasteiger partial charge on any atom is 0.303 e. The SMILES string of the molecule is CC(=O)OCC(=O)Nc1ccccc1NC1CC2CCCC(C1)N2C1CC2CCCC(C2)C1. The van der Waals surface area contributed by atoms with Crippen molar-refractivity contribution in [1.82, 2.24) is 4.90 Å². The van der Waals surface area contributed by atoms with Gasteiger partial charge in [-0.1, -0.05) is 37.8 Å². The van der Waals surface area contributed by atoms with Crippen LogP contribution in [0.3, 0.4) is 0 Å². The minimum absolute atomic E-state index is 0.254. The summed E-state index contributed by atoms with van der Waals surface area (Å²) in [4.78, 5) is 26.2. The van der Waals surface area contributed by atoms with E-state index < -0.39 is 5.97 Å². The van der Waals surface area contributed by atoms with Crippen molar-refractivity contribution in [2.75, 3.05) is 17.2 Å². The summed E-state index contributed by atoms with van der Waals surface area (Å²) in [6, 6.07) is 10.5. The molecule has 4 aliphatic rings. The fourth-order valence-corrected chi connectivity index (χ4v) is 7.36. The number of para-hydroxylation sites is 2. The Balaban J connectivity index is 1.23. The highest BCUT2D eigenvalue weighted by molar-refractivity contribution is 5.95. The lowest BCUT2D eigenvalue weighted by molar-refractivity contribution is -0.144. The van der Waals surface area contributed by atoms with Gasteiger partial charge in [0.25, 0.3) is 5.91 Å². The number of amides is 1. The number of benzene rings is 1. The van der Waals surface area contributed by atoms with E-state index in [9.17, 15) is 9.59 Å². The molecule has 4 fully saturated rings. The standard InChI is InChI=1S/C27H39N3O3/c1-18(31)33-17-27(32)29-26-11-3-2-10-25(26)28-21-15-22-8-5-9-23(16-21)30(22)24-13-19-6-4-7-20(12-19)14-24/h2-3,10-11,19-24,28H,4-9,12-17H2,1H3,(H,29,32). The molecule has 4 bridgehead atoms. The van der Waals surface area contributed by atoms with E-state index in [2.05, 4.69) is 15.5 Å². The maximum atomic E-state index is 12.2. The number of carbonyl (C=O) groups excluding carboxylic acids is 2. The largest absolute Gasteiger partial charge is 0.456 e. The number of nitrogens with one attached hydrogen (secondary N) is 2. The fraction of sp³-hybridized carbons (Fsp3) is 0.704. The van der Waals surface area contributed by atoms with E-state index in [1.807, 2.05) is 24.3 Å². The van der Waals surface area contributed by atoms with Crippen LogP contribution < -0.4 is 10.6 Å². The second-order valence-electron chi connectivity index (χ2n) is 10.9. The van der Waals surface area contributed by atoms with Crippen LogP contribution in [0.25, 0.3) is 0 Å². The Labute approximate surface area is 197 Å². The molecule has 2 N–H and O–H groups in total. The van der Waals surface area contributed by atoms with E-state index in [1.54, 1.807) is 0 Å². The predicted octanol–water partition coefficient (Wildman–Crippen LogP) is 4.95. The molecule has 1 aromatic carbocycles. The number of carbonyl (C=O) groups is 2. The van der Waals surface area contributed by atoms with Gasteiger partial charge >= 0.3 is 5.97 Å². The van der Waals surface area contributed by atoms with Crippen LogP contribution in [-0.2, 0) is 14.3 Å². The smallest absolute Gasteiger partial charge is 0.303 e. The van der Waals surface area contributed by atoms with Crippen molar-refractivity contribution in [3.63, 3.8) is 0 Å². The first-order chi connectivity index (χ1) is 16.0. The molecule has 5 rings (SSSR count). The summed E-state index contributed by atoms with van der Waals surface area (Å²) in [5.74, 6) is 1.19. The Morgan fingerprint density at radius 3 is 2.18 bits per heavy atom. The topological polar surface area (TPSA) is 70.7 Å². The zero-order chi connectivity index (χ0) is 22.8. The Bertz CT molecular complexity index is 833. The van der Waals surface area contributed by atoms with Gasteiger partial charge in [-0.3, -0.25) is 14.5 Å². The summed E-state index contributed by atoms with van der Waals surface area (Å²) >= 11 is 0. The molecule has 0 aromatic heterocycles. The molecule has 2 aliphatic heterocycles. The van der Waals surface area contributed by atoms with Gasteiger partial charge in [-0.25, -0.2) is 0 Å². The summed E-state index contributed by atoms with van der Waals surface area (Å²) in [5.41, 5.74) is 1.71. The van der Waals surface area contributed by atoms with Crippen LogP contribution in [0.15, 0.2) is 24.3 Å². The van der Waals surface area contributed by atoms with Crippen molar-refractivity contribution in [3.8, 4) is 0 Å².